The molecule has 6 heteroatoms. The number of halogens is 5. The van der Waals surface area contributed by atoms with Crippen molar-refractivity contribution < 1.29 is 17.9 Å². The van der Waals surface area contributed by atoms with E-state index >= 15 is 0 Å². The van der Waals surface area contributed by atoms with Crippen LogP contribution in [-0.4, -0.2) is 6.36 Å². The van der Waals surface area contributed by atoms with Gasteiger partial charge in [-0.15, -0.1) is 13.2 Å². The molecule has 3 rings (SSSR count). The van der Waals surface area contributed by atoms with Crippen LogP contribution in [0.3, 0.4) is 0 Å². The second-order valence-corrected chi connectivity index (χ2v) is 6.66. The van der Waals surface area contributed by atoms with Crippen LogP contribution in [0, 0.1) is 13.3 Å². The third kappa shape index (κ3) is 4.25. The van der Waals surface area contributed by atoms with Crippen molar-refractivity contribution in [2.75, 3.05) is 0 Å². The molecule has 0 saturated heterocycles. The van der Waals surface area contributed by atoms with Crippen LogP contribution in [0.4, 0.5) is 13.2 Å². The monoisotopic (exact) mass is 397 g/mol. The number of ether oxygens (including phenoxy) is 1. The lowest BCUT2D eigenvalue weighted by atomic mass is 9.88. The SMILES string of the molecule is Cc1ccc(C2=CC[CH]C(c3ccc(Cl)c(Cl)c3)=C2OC(F)(F)F)cc1. The fourth-order valence-electron chi connectivity index (χ4n) is 2.75. The average Bonchev–Trinajstić information content (AvgIpc) is 2.57. The molecule has 0 spiro atoms. The zero-order valence-electron chi connectivity index (χ0n) is 13.7. The van der Waals surface area contributed by atoms with Gasteiger partial charge >= 0.3 is 6.36 Å². The highest BCUT2D eigenvalue weighted by atomic mass is 35.5. The van der Waals surface area contributed by atoms with Gasteiger partial charge in [0, 0.05) is 11.1 Å². The Balaban J connectivity index is 2.14. The molecule has 0 heterocycles. The molecule has 0 unspecified atom stereocenters. The molecule has 0 saturated carbocycles. The Morgan fingerprint density at radius 2 is 1.58 bits per heavy atom. The second-order valence-electron chi connectivity index (χ2n) is 5.84. The minimum Gasteiger partial charge on any atom is -0.405 e. The number of hydrogen-bond acceptors (Lipinski definition) is 1. The van der Waals surface area contributed by atoms with Gasteiger partial charge in [0.15, 0.2) is 0 Å². The van der Waals surface area contributed by atoms with Gasteiger partial charge in [0.1, 0.15) is 5.76 Å². The summed E-state index contributed by atoms with van der Waals surface area (Å²) in [6.45, 7) is 1.91. The first-order chi connectivity index (χ1) is 12.2. The molecule has 0 aromatic heterocycles. The summed E-state index contributed by atoms with van der Waals surface area (Å²) in [6, 6.07) is 12.0. The van der Waals surface area contributed by atoms with Crippen molar-refractivity contribution in [2.45, 2.75) is 19.7 Å². The normalized spacial score (nSPS) is 15.1. The third-order valence-electron chi connectivity index (χ3n) is 3.94. The van der Waals surface area contributed by atoms with Crippen LogP contribution in [0.25, 0.3) is 11.1 Å². The molecule has 1 aliphatic carbocycles. The Kier molecular flexibility index (Phi) is 5.35. The van der Waals surface area contributed by atoms with E-state index in [1.807, 2.05) is 19.1 Å². The number of alkyl halides is 3. The summed E-state index contributed by atoms with van der Waals surface area (Å²) >= 11 is 12.0. The van der Waals surface area contributed by atoms with Gasteiger partial charge in [-0.2, -0.15) is 0 Å². The van der Waals surface area contributed by atoms with Crippen molar-refractivity contribution in [1.29, 1.82) is 0 Å². The number of hydrogen-bond donors (Lipinski definition) is 0. The van der Waals surface area contributed by atoms with Crippen LogP contribution in [0.1, 0.15) is 23.1 Å². The van der Waals surface area contributed by atoms with E-state index < -0.39 is 6.36 Å². The number of aryl methyl sites for hydroxylation is 1. The van der Waals surface area contributed by atoms with Gasteiger partial charge < -0.3 is 4.74 Å². The van der Waals surface area contributed by atoms with E-state index in [0.29, 0.717) is 33.7 Å². The molecular weight excluding hydrogens is 384 g/mol. The van der Waals surface area contributed by atoms with E-state index in [2.05, 4.69) is 4.74 Å². The number of rotatable bonds is 3. The van der Waals surface area contributed by atoms with E-state index in [1.165, 1.54) is 6.07 Å². The lowest BCUT2D eigenvalue weighted by Gasteiger charge is -2.24. The molecule has 1 radical (unpaired) electrons. The minimum absolute atomic E-state index is 0.244. The highest BCUT2D eigenvalue weighted by Crippen LogP contribution is 2.41. The molecule has 0 fully saturated rings. The molecule has 0 atom stereocenters. The molecule has 135 valence electrons. The molecule has 1 nitrogen and oxygen atoms in total. The smallest absolute Gasteiger partial charge is 0.405 e. The summed E-state index contributed by atoms with van der Waals surface area (Å²) in [5.41, 5.74) is 2.91. The highest BCUT2D eigenvalue weighted by molar-refractivity contribution is 6.42. The Bertz CT molecular complexity index is 881. The van der Waals surface area contributed by atoms with Crippen LogP contribution in [0.5, 0.6) is 0 Å². The topological polar surface area (TPSA) is 9.23 Å². The molecule has 2 aromatic rings. The maximum Gasteiger partial charge on any atom is 0.573 e. The van der Waals surface area contributed by atoms with Gasteiger partial charge in [-0.25, -0.2) is 0 Å². The van der Waals surface area contributed by atoms with Crippen molar-refractivity contribution in [3.8, 4) is 0 Å². The summed E-state index contributed by atoms with van der Waals surface area (Å²) in [7, 11) is 0. The Labute approximate surface area is 159 Å². The largest absolute Gasteiger partial charge is 0.573 e. The quantitative estimate of drug-likeness (QED) is 0.530. The Morgan fingerprint density at radius 1 is 0.923 bits per heavy atom. The van der Waals surface area contributed by atoms with Gasteiger partial charge in [-0.05, 0) is 43.0 Å². The summed E-state index contributed by atoms with van der Waals surface area (Å²) in [5.74, 6) is -0.244. The first-order valence-electron chi connectivity index (χ1n) is 7.81. The summed E-state index contributed by atoms with van der Waals surface area (Å²) in [6.07, 6.45) is -0.944. The Morgan fingerprint density at radius 3 is 2.19 bits per heavy atom. The standard InChI is InChI=1S/C20H14Cl2F3O/c1-12-5-7-13(8-6-12)15-3-2-4-16(19(15)26-20(23,24)25)14-9-10-17(21)18(22)11-14/h3-11H,2H2,1H3. The van der Waals surface area contributed by atoms with Crippen molar-refractivity contribution in [2.24, 2.45) is 0 Å². The second kappa shape index (κ2) is 7.37. The Hall–Kier alpha value is -1.91. The van der Waals surface area contributed by atoms with Crippen LogP contribution < -0.4 is 0 Å². The van der Waals surface area contributed by atoms with E-state index in [9.17, 15) is 13.2 Å². The lowest BCUT2D eigenvalue weighted by molar-refractivity contribution is -0.302. The minimum atomic E-state index is -4.81. The first kappa shape index (κ1) is 18.9. The first-order valence-corrected chi connectivity index (χ1v) is 8.56. The molecule has 0 amide bonds. The maximum atomic E-state index is 13.1. The van der Waals surface area contributed by atoms with E-state index in [4.69, 9.17) is 23.2 Å². The maximum absolute atomic E-state index is 13.1. The molecular formula is C20H14Cl2F3O. The number of benzene rings is 2. The average molecular weight is 398 g/mol. The van der Waals surface area contributed by atoms with Crippen LogP contribution in [0.2, 0.25) is 10.0 Å². The molecule has 0 bridgehead atoms. The van der Waals surface area contributed by atoms with Crippen molar-refractivity contribution >= 4 is 34.3 Å². The fourth-order valence-corrected chi connectivity index (χ4v) is 3.04. The van der Waals surface area contributed by atoms with Crippen molar-refractivity contribution in [3.05, 3.63) is 87.5 Å². The molecule has 0 N–H and O–H groups in total. The summed E-state index contributed by atoms with van der Waals surface area (Å²) in [5, 5.41) is 0.599. The van der Waals surface area contributed by atoms with Crippen molar-refractivity contribution in [3.63, 3.8) is 0 Å². The van der Waals surface area contributed by atoms with Gasteiger partial charge in [-0.1, -0.05) is 65.2 Å². The van der Waals surface area contributed by atoms with Gasteiger partial charge in [0.25, 0.3) is 0 Å². The van der Waals surface area contributed by atoms with Crippen LogP contribution >= 0.6 is 23.2 Å². The van der Waals surface area contributed by atoms with Gasteiger partial charge in [-0.3, -0.25) is 0 Å². The van der Waals surface area contributed by atoms with Crippen LogP contribution in [-0.2, 0) is 4.74 Å². The zero-order chi connectivity index (χ0) is 18.9. The van der Waals surface area contributed by atoms with E-state index in [0.717, 1.165) is 5.56 Å². The van der Waals surface area contributed by atoms with Gasteiger partial charge in [0.05, 0.1) is 10.0 Å². The third-order valence-corrected chi connectivity index (χ3v) is 4.68. The molecule has 0 aliphatic heterocycles. The van der Waals surface area contributed by atoms with Gasteiger partial charge in [0.2, 0.25) is 0 Å². The molecule has 26 heavy (non-hydrogen) atoms. The highest BCUT2D eigenvalue weighted by Gasteiger charge is 2.35. The van der Waals surface area contributed by atoms with E-state index in [-0.39, 0.29) is 10.8 Å². The molecule has 1 aliphatic rings. The van der Waals surface area contributed by atoms with Crippen LogP contribution in [0.15, 0.2) is 54.3 Å². The lowest BCUT2D eigenvalue weighted by Crippen LogP contribution is -2.16. The summed E-state index contributed by atoms with van der Waals surface area (Å²) < 4.78 is 43.7. The fraction of sp³-hybridized carbons (Fsp3) is 0.150. The summed E-state index contributed by atoms with van der Waals surface area (Å²) in [4.78, 5) is 0. The van der Waals surface area contributed by atoms with Crippen molar-refractivity contribution in [1.82, 2.24) is 0 Å². The van der Waals surface area contributed by atoms with E-state index in [1.54, 1.807) is 36.8 Å². The zero-order valence-corrected chi connectivity index (χ0v) is 15.2. The predicted molar refractivity (Wildman–Crippen MR) is 98.6 cm³/mol. The number of allylic oxidation sites excluding steroid dienone is 3. The predicted octanol–water partition coefficient (Wildman–Crippen LogP) is 7.24. The molecule has 2 aromatic carbocycles.